The number of hydrogen-bond donors (Lipinski definition) is 1. The molecule has 0 fully saturated rings. The lowest BCUT2D eigenvalue weighted by Gasteiger charge is -1.94. The van der Waals surface area contributed by atoms with Gasteiger partial charge in [-0.25, -0.2) is 4.98 Å². The van der Waals surface area contributed by atoms with Gasteiger partial charge in [0.2, 0.25) is 0 Å². The maximum absolute atomic E-state index is 10.2. The van der Waals surface area contributed by atoms with E-state index in [0.717, 1.165) is 6.20 Å². The average Bonchev–Trinajstić information content (AvgIpc) is 1.94. The van der Waals surface area contributed by atoms with Crippen LogP contribution in [0, 0.1) is 10.1 Å². The van der Waals surface area contributed by atoms with Crippen molar-refractivity contribution in [3.8, 4) is 0 Å². The third kappa shape index (κ3) is 1.64. The molecular formula is C5H4BrN3O2. The van der Waals surface area contributed by atoms with Crippen LogP contribution in [0.15, 0.2) is 16.9 Å². The summed E-state index contributed by atoms with van der Waals surface area (Å²) in [6, 6.07) is 1.25. The minimum absolute atomic E-state index is 0.106. The molecule has 0 bridgehead atoms. The fraction of sp³-hybridized carbons (Fsp3) is 0. The Bertz CT molecular complexity index is 302. The van der Waals surface area contributed by atoms with Crippen molar-refractivity contribution in [2.24, 2.45) is 0 Å². The van der Waals surface area contributed by atoms with Crippen molar-refractivity contribution in [1.29, 1.82) is 0 Å². The first-order valence-electron chi connectivity index (χ1n) is 2.66. The van der Waals surface area contributed by atoms with Gasteiger partial charge < -0.3 is 5.73 Å². The smallest absolute Gasteiger partial charge is 0.289 e. The molecule has 1 aromatic heterocycles. The molecular weight excluding hydrogens is 214 g/mol. The SMILES string of the molecule is Nc1cc([N+](=O)[O-])cnc1Br. The Morgan fingerprint density at radius 3 is 2.82 bits per heavy atom. The van der Waals surface area contributed by atoms with Gasteiger partial charge in [-0.3, -0.25) is 10.1 Å². The highest BCUT2D eigenvalue weighted by atomic mass is 79.9. The molecule has 5 nitrogen and oxygen atoms in total. The van der Waals surface area contributed by atoms with Crippen molar-refractivity contribution >= 4 is 27.3 Å². The first-order valence-corrected chi connectivity index (χ1v) is 3.46. The van der Waals surface area contributed by atoms with Crippen LogP contribution in [0.25, 0.3) is 0 Å². The lowest BCUT2D eigenvalue weighted by atomic mass is 10.4. The van der Waals surface area contributed by atoms with Crippen LogP contribution in [0.5, 0.6) is 0 Å². The lowest BCUT2D eigenvalue weighted by molar-refractivity contribution is -0.385. The molecule has 0 radical (unpaired) electrons. The number of nitro groups is 1. The molecule has 0 aliphatic rings. The van der Waals surface area contributed by atoms with Crippen LogP contribution < -0.4 is 5.73 Å². The van der Waals surface area contributed by atoms with Crippen molar-refractivity contribution in [2.75, 3.05) is 5.73 Å². The van der Waals surface area contributed by atoms with Crippen LogP contribution in [-0.2, 0) is 0 Å². The van der Waals surface area contributed by atoms with Crippen LogP contribution in [0.4, 0.5) is 11.4 Å². The van der Waals surface area contributed by atoms with E-state index in [9.17, 15) is 10.1 Å². The minimum Gasteiger partial charge on any atom is -0.396 e. The monoisotopic (exact) mass is 217 g/mol. The van der Waals surface area contributed by atoms with Gasteiger partial charge in [-0.1, -0.05) is 0 Å². The highest BCUT2D eigenvalue weighted by molar-refractivity contribution is 9.10. The molecule has 1 rings (SSSR count). The second kappa shape index (κ2) is 2.83. The number of halogens is 1. The van der Waals surface area contributed by atoms with Crippen molar-refractivity contribution in [3.63, 3.8) is 0 Å². The molecule has 0 aromatic carbocycles. The van der Waals surface area contributed by atoms with Gasteiger partial charge in [0.05, 0.1) is 10.6 Å². The minimum atomic E-state index is -0.546. The normalized spacial score (nSPS) is 9.55. The average molecular weight is 218 g/mol. The molecule has 58 valence electrons. The highest BCUT2D eigenvalue weighted by Crippen LogP contribution is 2.20. The molecule has 0 amide bonds. The Morgan fingerprint density at radius 2 is 2.36 bits per heavy atom. The molecule has 6 heteroatoms. The second-order valence-corrected chi connectivity index (χ2v) is 2.58. The summed E-state index contributed by atoms with van der Waals surface area (Å²) in [6.07, 6.45) is 1.14. The first-order chi connectivity index (χ1) is 5.11. The molecule has 2 N–H and O–H groups in total. The van der Waals surface area contributed by atoms with Gasteiger partial charge >= 0.3 is 0 Å². The van der Waals surface area contributed by atoms with E-state index >= 15 is 0 Å². The van der Waals surface area contributed by atoms with Crippen molar-refractivity contribution in [1.82, 2.24) is 4.98 Å². The van der Waals surface area contributed by atoms with Crippen LogP contribution in [0.1, 0.15) is 0 Å². The number of hydrogen-bond acceptors (Lipinski definition) is 4. The molecule has 1 heterocycles. The zero-order valence-corrected chi connectivity index (χ0v) is 6.91. The van der Waals surface area contributed by atoms with Gasteiger partial charge in [0.15, 0.2) is 0 Å². The summed E-state index contributed by atoms with van der Waals surface area (Å²) in [5, 5.41) is 10.2. The van der Waals surface area contributed by atoms with Crippen LogP contribution in [-0.4, -0.2) is 9.91 Å². The van der Waals surface area contributed by atoms with E-state index in [1.807, 2.05) is 0 Å². The van der Waals surface area contributed by atoms with Gasteiger partial charge in [0, 0.05) is 6.07 Å². The number of aromatic nitrogens is 1. The zero-order valence-electron chi connectivity index (χ0n) is 5.32. The molecule has 0 spiro atoms. The number of nitrogen functional groups attached to an aromatic ring is 1. The Morgan fingerprint density at radius 1 is 1.73 bits per heavy atom. The highest BCUT2D eigenvalue weighted by Gasteiger charge is 2.07. The van der Waals surface area contributed by atoms with Crippen molar-refractivity contribution < 1.29 is 4.92 Å². The van der Waals surface area contributed by atoms with E-state index in [-0.39, 0.29) is 11.4 Å². The fourth-order valence-electron chi connectivity index (χ4n) is 0.553. The van der Waals surface area contributed by atoms with Gasteiger partial charge in [-0.15, -0.1) is 0 Å². The molecule has 11 heavy (non-hydrogen) atoms. The van der Waals surface area contributed by atoms with Gasteiger partial charge in [-0.05, 0) is 15.9 Å². The second-order valence-electron chi connectivity index (χ2n) is 1.83. The van der Waals surface area contributed by atoms with Crippen LogP contribution in [0.2, 0.25) is 0 Å². The zero-order chi connectivity index (χ0) is 8.43. The van der Waals surface area contributed by atoms with E-state index in [1.165, 1.54) is 6.07 Å². The molecule has 0 aliphatic heterocycles. The summed E-state index contributed by atoms with van der Waals surface area (Å²) in [5.41, 5.74) is 5.50. The lowest BCUT2D eigenvalue weighted by Crippen LogP contribution is -1.93. The third-order valence-corrected chi connectivity index (χ3v) is 1.73. The fourth-order valence-corrected chi connectivity index (χ4v) is 0.770. The topological polar surface area (TPSA) is 82.0 Å². The largest absolute Gasteiger partial charge is 0.396 e. The number of nitrogens with two attached hydrogens (primary N) is 1. The van der Waals surface area contributed by atoms with Crippen LogP contribution >= 0.6 is 15.9 Å². The Kier molecular flexibility index (Phi) is 2.04. The molecule has 0 unspecified atom stereocenters. The molecule has 0 saturated carbocycles. The number of rotatable bonds is 1. The number of anilines is 1. The summed E-state index contributed by atoms with van der Waals surface area (Å²) in [5.74, 6) is 0. The Balaban J connectivity index is 3.15. The summed E-state index contributed by atoms with van der Waals surface area (Å²) in [7, 11) is 0. The van der Waals surface area contributed by atoms with E-state index in [1.54, 1.807) is 0 Å². The summed E-state index contributed by atoms with van der Waals surface area (Å²) < 4.78 is 0.420. The predicted octanol–water partition coefficient (Wildman–Crippen LogP) is 1.33. The molecule has 0 saturated heterocycles. The summed E-state index contributed by atoms with van der Waals surface area (Å²) in [4.78, 5) is 13.3. The van der Waals surface area contributed by atoms with Gasteiger partial charge in [0.25, 0.3) is 5.69 Å². The number of nitrogens with zero attached hydrogens (tertiary/aromatic N) is 2. The van der Waals surface area contributed by atoms with Crippen molar-refractivity contribution in [2.45, 2.75) is 0 Å². The maximum Gasteiger partial charge on any atom is 0.289 e. The molecule has 1 aromatic rings. The van der Waals surface area contributed by atoms with E-state index in [0.29, 0.717) is 4.60 Å². The maximum atomic E-state index is 10.2. The van der Waals surface area contributed by atoms with Gasteiger partial charge in [0.1, 0.15) is 10.8 Å². The summed E-state index contributed by atoms with van der Waals surface area (Å²) >= 11 is 3.02. The van der Waals surface area contributed by atoms with Crippen LogP contribution in [0.3, 0.4) is 0 Å². The third-order valence-electron chi connectivity index (χ3n) is 1.06. The Labute approximate surface area is 70.5 Å². The first kappa shape index (κ1) is 7.93. The Hall–Kier alpha value is -1.17. The standard InChI is InChI=1S/C5H4BrN3O2/c6-5-4(7)1-3(2-8-5)9(10)11/h1-2H,7H2. The molecule has 0 aliphatic carbocycles. The molecule has 0 atom stereocenters. The van der Waals surface area contributed by atoms with Gasteiger partial charge in [-0.2, -0.15) is 0 Å². The quantitative estimate of drug-likeness (QED) is 0.438. The summed E-state index contributed by atoms with van der Waals surface area (Å²) in [6.45, 7) is 0. The van der Waals surface area contributed by atoms with E-state index in [4.69, 9.17) is 5.73 Å². The number of pyridine rings is 1. The predicted molar refractivity (Wildman–Crippen MR) is 43.0 cm³/mol. The van der Waals surface area contributed by atoms with E-state index < -0.39 is 4.92 Å². The van der Waals surface area contributed by atoms with E-state index in [2.05, 4.69) is 20.9 Å². The van der Waals surface area contributed by atoms with Crippen molar-refractivity contribution in [3.05, 3.63) is 27.0 Å².